The standard InChI is InChI=1S/C22H26F2N2O2/c23-19-10-9-18(14-20(19)24)15-25-16-22(28)11-5-13-26(21(22)27)12-4-8-17-6-2-1-3-7-17/h1-3,6-7,9-10,14,25,28H,4-5,8,11-13,15-16H2. The van der Waals surface area contributed by atoms with E-state index in [2.05, 4.69) is 17.4 Å². The van der Waals surface area contributed by atoms with Crippen LogP contribution in [0.3, 0.4) is 0 Å². The summed E-state index contributed by atoms with van der Waals surface area (Å²) in [6, 6.07) is 13.8. The van der Waals surface area contributed by atoms with Crippen LogP contribution in [0.25, 0.3) is 0 Å². The molecule has 0 aliphatic carbocycles. The quantitative estimate of drug-likeness (QED) is 0.731. The number of benzene rings is 2. The molecule has 4 nitrogen and oxygen atoms in total. The maximum atomic E-state index is 13.3. The van der Waals surface area contributed by atoms with Gasteiger partial charge in [-0.3, -0.25) is 4.79 Å². The Morgan fingerprint density at radius 3 is 2.61 bits per heavy atom. The van der Waals surface area contributed by atoms with Gasteiger partial charge in [0.15, 0.2) is 17.2 Å². The van der Waals surface area contributed by atoms with Crippen molar-refractivity contribution in [1.29, 1.82) is 0 Å². The molecule has 1 aliphatic rings. The van der Waals surface area contributed by atoms with Gasteiger partial charge in [-0.2, -0.15) is 0 Å². The van der Waals surface area contributed by atoms with Gasteiger partial charge in [-0.05, 0) is 48.9 Å². The van der Waals surface area contributed by atoms with Crippen LogP contribution in [-0.2, 0) is 17.8 Å². The maximum Gasteiger partial charge on any atom is 0.255 e. The summed E-state index contributed by atoms with van der Waals surface area (Å²) in [5.74, 6) is -2.06. The number of amides is 1. The molecule has 0 radical (unpaired) electrons. The first-order valence-corrected chi connectivity index (χ1v) is 9.68. The molecule has 1 atom stereocenters. The van der Waals surface area contributed by atoms with Crippen LogP contribution < -0.4 is 5.32 Å². The molecule has 150 valence electrons. The minimum atomic E-state index is -1.45. The van der Waals surface area contributed by atoms with Crippen molar-refractivity contribution in [2.45, 2.75) is 37.8 Å². The summed E-state index contributed by atoms with van der Waals surface area (Å²) < 4.78 is 26.3. The Morgan fingerprint density at radius 2 is 1.86 bits per heavy atom. The molecule has 2 aromatic rings. The van der Waals surface area contributed by atoms with Crippen LogP contribution in [0.15, 0.2) is 48.5 Å². The molecule has 1 heterocycles. The summed E-state index contributed by atoms with van der Waals surface area (Å²) >= 11 is 0. The second-order valence-electron chi connectivity index (χ2n) is 7.37. The number of nitrogens with zero attached hydrogens (tertiary/aromatic N) is 1. The normalized spacial score (nSPS) is 19.8. The number of hydrogen-bond donors (Lipinski definition) is 2. The Hall–Kier alpha value is -2.31. The van der Waals surface area contributed by atoms with E-state index in [0.717, 1.165) is 31.4 Å². The molecule has 0 saturated carbocycles. The number of piperidine rings is 1. The molecule has 1 unspecified atom stereocenters. The molecule has 3 rings (SSSR count). The van der Waals surface area contributed by atoms with Crippen LogP contribution in [0, 0.1) is 11.6 Å². The Morgan fingerprint density at radius 1 is 1.07 bits per heavy atom. The zero-order valence-corrected chi connectivity index (χ0v) is 15.8. The van der Waals surface area contributed by atoms with Gasteiger partial charge in [0.1, 0.15) is 0 Å². The van der Waals surface area contributed by atoms with Gasteiger partial charge in [0, 0.05) is 26.2 Å². The molecule has 28 heavy (non-hydrogen) atoms. The van der Waals surface area contributed by atoms with Crippen LogP contribution >= 0.6 is 0 Å². The number of hydrogen-bond acceptors (Lipinski definition) is 3. The highest BCUT2D eigenvalue weighted by Gasteiger charge is 2.41. The van der Waals surface area contributed by atoms with E-state index < -0.39 is 17.2 Å². The first-order chi connectivity index (χ1) is 13.5. The molecule has 1 fully saturated rings. The number of carbonyl (C=O) groups excluding carboxylic acids is 1. The van der Waals surface area contributed by atoms with Gasteiger partial charge < -0.3 is 15.3 Å². The van der Waals surface area contributed by atoms with Gasteiger partial charge in [0.25, 0.3) is 5.91 Å². The Kier molecular flexibility index (Phi) is 6.75. The third kappa shape index (κ3) is 5.14. The van der Waals surface area contributed by atoms with Gasteiger partial charge in [-0.25, -0.2) is 8.78 Å². The number of aryl methyl sites for hydroxylation is 1. The van der Waals surface area contributed by atoms with Gasteiger partial charge >= 0.3 is 0 Å². The zero-order chi connectivity index (χ0) is 20.0. The minimum Gasteiger partial charge on any atom is -0.379 e. The predicted octanol–water partition coefficient (Wildman–Crippen LogP) is 3.04. The molecule has 1 amide bonds. The molecule has 1 saturated heterocycles. The third-order valence-electron chi connectivity index (χ3n) is 5.17. The first-order valence-electron chi connectivity index (χ1n) is 9.68. The van der Waals surface area contributed by atoms with Crippen molar-refractivity contribution >= 4 is 5.91 Å². The smallest absolute Gasteiger partial charge is 0.255 e. The lowest BCUT2D eigenvalue weighted by Crippen LogP contribution is -2.58. The van der Waals surface area contributed by atoms with Crippen LogP contribution in [-0.4, -0.2) is 41.1 Å². The maximum absolute atomic E-state index is 13.3. The van der Waals surface area contributed by atoms with E-state index in [1.54, 1.807) is 4.90 Å². The molecule has 1 aliphatic heterocycles. The third-order valence-corrected chi connectivity index (χ3v) is 5.17. The van der Waals surface area contributed by atoms with Crippen molar-refractivity contribution in [2.24, 2.45) is 0 Å². The lowest BCUT2D eigenvalue weighted by Gasteiger charge is -2.38. The van der Waals surface area contributed by atoms with Gasteiger partial charge in [-0.1, -0.05) is 36.4 Å². The van der Waals surface area contributed by atoms with Crippen molar-refractivity contribution in [3.8, 4) is 0 Å². The van der Waals surface area contributed by atoms with Gasteiger partial charge in [-0.15, -0.1) is 0 Å². The van der Waals surface area contributed by atoms with Crippen molar-refractivity contribution in [3.05, 3.63) is 71.3 Å². The Balaban J connectivity index is 1.49. The fraction of sp³-hybridized carbons (Fsp3) is 0.409. The average Bonchev–Trinajstić information content (AvgIpc) is 2.69. The van der Waals surface area contributed by atoms with E-state index in [9.17, 15) is 18.7 Å². The SMILES string of the molecule is O=C1N(CCCc2ccccc2)CCCC1(O)CNCc1ccc(F)c(F)c1. The fourth-order valence-corrected chi connectivity index (χ4v) is 3.62. The summed E-state index contributed by atoms with van der Waals surface area (Å²) in [6.07, 6.45) is 2.86. The Bertz CT molecular complexity index is 800. The second-order valence-corrected chi connectivity index (χ2v) is 7.37. The summed E-state index contributed by atoms with van der Waals surface area (Å²) in [5.41, 5.74) is 0.338. The average molecular weight is 388 g/mol. The predicted molar refractivity (Wildman–Crippen MR) is 104 cm³/mol. The summed E-state index contributed by atoms with van der Waals surface area (Å²) in [7, 11) is 0. The highest BCUT2D eigenvalue weighted by atomic mass is 19.2. The Labute approximate surface area is 164 Å². The number of carbonyl (C=O) groups is 1. The van der Waals surface area contributed by atoms with E-state index >= 15 is 0 Å². The summed E-state index contributed by atoms with van der Waals surface area (Å²) in [5, 5.41) is 13.8. The monoisotopic (exact) mass is 388 g/mol. The van der Waals surface area contributed by atoms with Crippen molar-refractivity contribution in [1.82, 2.24) is 10.2 Å². The molecule has 0 aromatic heterocycles. The molecule has 0 spiro atoms. The summed E-state index contributed by atoms with van der Waals surface area (Å²) in [4.78, 5) is 14.5. The number of rotatable bonds is 8. The minimum absolute atomic E-state index is 0.0833. The number of nitrogens with one attached hydrogen (secondary N) is 1. The lowest BCUT2D eigenvalue weighted by molar-refractivity contribution is -0.156. The first kappa shape index (κ1) is 20.4. The van der Waals surface area contributed by atoms with Crippen LogP contribution in [0.5, 0.6) is 0 Å². The largest absolute Gasteiger partial charge is 0.379 e. The van der Waals surface area contributed by atoms with Crippen molar-refractivity contribution in [3.63, 3.8) is 0 Å². The lowest BCUT2D eigenvalue weighted by atomic mass is 9.91. The van der Waals surface area contributed by atoms with E-state index in [1.165, 1.54) is 11.6 Å². The highest BCUT2D eigenvalue weighted by Crippen LogP contribution is 2.23. The zero-order valence-electron chi connectivity index (χ0n) is 15.8. The molecule has 0 bridgehead atoms. The molecule has 6 heteroatoms. The topological polar surface area (TPSA) is 52.6 Å². The second kappa shape index (κ2) is 9.26. The number of likely N-dealkylation sites (tertiary alicyclic amines) is 1. The van der Waals surface area contributed by atoms with Gasteiger partial charge in [0.2, 0.25) is 0 Å². The van der Waals surface area contributed by atoms with Crippen molar-refractivity contribution < 1.29 is 18.7 Å². The van der Waals surface area contributed by atoms with E-state index in [0.29, 0.717) is 25.1 Å². The van der Waals surface area contributed by atoms with Crippen LogP contribution in [0.4, 0.5) is 8.78 Å². The van der Waals surface area contributed by atoms with E-state index in [4.69, 9.17) is 0 Å². The van der Waals surface area contributed by atoms with Crippen LogP contribution in [0.2, 0.25) is 0 Å². The van der Waals surface area contributed by atoms with Crippen LogP contribution in [0.1, 0.15) is 30.4 Å². The number of aliphatic hydroxyl groups is 1. The van der Waals surface area contributed by atoms with E-state index in [1.807, 2.05) is 18.2 Å². The van der Waals surface area contributed by atoms with E-state index in [-0.39, 0.29) is 19.0 Å². The molecular formula is C22H26F2N2O2. The highest BCUT2D eigenvalue weighted by molar-refractivity contribution is 5.86. The molecular weight excluding hydrogens is 362 g/mol. The molecule has 2 aromatic carbocycles. The number of halogens is 2. The molecule has 2 N–H and O–H groups in total. The van der Waals surface area contributed by atoms with Gasteiger partial charge in [0.05, 0.1) is 0 Å². The summed E-state index contributed by atoms with van der Waals surface area (Å²) in [6.45, 7) is 1.60. The fourth-order valence-electron chi connectivity index (χ4n) is 3.62. The van der Waals surface area contributed by atoms with Crippen molar-refractivity contribution in [2.75, 3.05) is 19.6 Å².